The molecule has 5 heteroatoms. The van der Waals surface area contributed by atoms with Crippen molar-refractivity contribution >= 4 is 29.0 Å². The number of halogens is 1. The van der Waals surface area contributed by atoms with Gasteiger partial charge in [0.05, 0.1) is 11.6 Å². The molecule has 120 valence electrons. The standard InChI is InChI=1S/C17H22ClNO3/c1-2-3-4-5-6-9-19-14-10-13(15(20)11-18)7-8-16(14)22-12-17(19)21/h7-8,10H,2-6,9,11-12H2,1H3. The molecule has 0 bridgehead atoms. The highest BCUT2D eigenvalue weighted by atomic mass is 35.5. The summed E-state index contributed by atoms with van der Waals surface area (Å²) in [5, 5.41) is 0. The molecule has 0 saturated heterocycles. The number of anilines is 1. The first kappa shape index (κ1) is 16.8. The Bertz CT molecular complexity index is 545. The number of ether oxygens (including phenoxy) is 1. The number of hydrogen-bond donors (Lipinski definition) is 0. The van der Waals surface area contributed by atoms with Crippen LogP contribution in [0.15, 0.2) is 18.2 Å². The van der Waals surface area contributed by atoms with Crippen LogP contribution in [-0.4, -0.2) is 30.7 Å². The molecule has 1 aliphatic heterocycles. The van der Waals surface area contributed by atoms with Gasteiger partial charge in [-0.25, -0.2) is 0 Å². The molecular weight excluding hydrogens is 302 g/mol. The van der Waals surface area contributed by atoms with E-state index in [9.17, 15) is 9.59 Å². The van der Waals surface area contributed by atoms with Gasteiger partial charge in [-0.1, -0.05) is 32.6 Å². The zero-order chi connectivity index (χ0) is 15.9. The Morgan fingerprint density at radius 2 is 2.05 bits per heavy atom. The van der Waals surface area contributed by atoms with Crippen LogP contribution < -0.4 is 9.64 Å². The predicted octanol–water partition coefficient (Wildman–Crippen LogP) is 3.80. The number of carbonyl (C=O) groups is 2. The minimum Gasteiger partial charge on any atom is -0.482 e. The lowest BCUT2D eigenvalue weighted by molar-refractivity contribution is -0.121. The van der Waals surface area contributed by atoms with Crippen molar-refractivity contribution in [3.63, 3.8) is 0 Å². The summed E-state index contributed by atoms with van der Waals surface area (Å²) in [6.07, 6.45) is 5.67. The van der Waals surface area contributed by atoms with Gasteiger partial charge in [0.2, 0.25) is 0 Å². The minimum atomic E-state index is -0.148. The molecule has 0 spiro atoms. The average molecular weight is 324 g/mol. The van der Waals surface area contributed by atoms with E-state index in [4.69, 9.17) is 16.3 Å². The van der Waals surface area contributed by atoms with Gasteiger partial charge in [0.25, 0.3) is 5.91 Å². The summed E-state index contributed by atoms with van der Waals surface area (Å²) in [6.45, 7) is 2.90. The van der Waals surface area contributed by atoms with E-state index in [1.165, 1.54) is 19.3 Å². The first-order valence-corrected chi connectivity index (χ1v) is 8.37. The van der Waals surface area contributed by atoms with E-state index in [0.717, 1.165) is 12.8 Å². The molecule has 0 aromatic heterocycles. The molecule has 2 rings (SSSR count). The van der Waals surface area contributed by atoms with Gasteiger partial charge >= 0.3 is 0 Å². The second-order valence-corrected chi connectivity index (χ2v) is 5.75. The minimum absolute atomic E-state index is 0.0570. The molecule has 0 saturated carbocycles. The normalized spacial score (nSPS) is 13.7. The number of amides is 1. The molecule has 1 heterocycles. The number of unbranched alkanes of at least 4 members (excludes halogenated alkanes) is 4. The molecule has 0 atom stereocenters. The third-order valence-electron chi connectivity index (χ3n) is 3.83. The third-order valence-corrected chi connectivity index (χ3v) is 4.07. The van der Waals surface area contributed by atoms with Crippen molar-refractivity contribution in [1.29, 1.82) is 0 Å². The van der Waals surface area contributed by atoms with Crippen LogP contribution in [0, 0.1) is 0 Å². The molecule has 1 aromatic rings. The van der Waals surface area contributed by atoms with E-state index in [1.54, 1.807) is 23.1 Å². The third kappa shape index (κ3) is 4.01. The van der Waals surface area contributed by atoms with Crippen LogP contribution in [-0.2, 0) is 4.79 Å². The topological polar surface area (TPSA) is 46.6 Å². The maximum Gasteiger partial charge on any atom is 0.265 e. The lowest BCUT2D eigenvalue weighted by Gasteiger charge is -2.29. The summed E-state index contributed by atoms with van der Waals surface area (Å²) in [5.41, 5.74) is 1.20. The fourth-order valence-electron chi connectivity index (χ4n) is 2.57. The first-order valence-electron chi connectivity index (χ1n) is 7.83. The number of carbonyl (C=O) groups excluding carboxylic acids is 2. The van der Waals surface area contributed by atoms with Gasteiger partial charge in [0.1, 0.15) is 5.75 Å². The maximum atomic E-state index is 12.1. The fraction of sp³-hybridized carbons (Fsp3) is 0.529. The Balaban J connectivity index is 2.10. The summed E-state index contributed by atoms with van der Waals surface area (Å²) < 4.78 is 5.44. The Morgan fingerprint density at radius 1 is 1.27 bits per heavy atom. The van der Waals surface area contributed by atoms with Gasteiger partial charge in [-0.3, -0.25) is 9.59 Å². The van der Waals surface area contributed by atoms with E-state index >= 15 is 0 Å². The van der Waals surface area contributed by atoms with Crippen molar-refractivity contribution in [1.82, 2.24) is 0 Å². The van der Waals surface area contributed by atoms with Gasteiger partial charge in [0, 0.05) is 12.1 Å². The lowest BCUT2D eigenvalue weighted by atomic mass is 10.1. The van der Waals surface area contributed by atoms with Gasteiger partial charge < -0.3 is 9.64 Å². The average Bonchev–Trinajstić information content (AvgIpc) is 2.55. The number of benzene rings is 1. The fourth-order valence-corrected chi connectivity index (χ4v) is 2.73. The lowest BCUT2D eigenvalue weighted by Crippen LogP contribution is -2.39. The SMILES string of the molecule is CCCCCCCN1C(=O)COc2ccc(C(=O)CCl)cc21. The number of Topliss-reactive ketones (excluding diaryl/α,β-unsaturated/α-hetero) is 1. The highest BCUT2D eigenvalue weighted by Crippen LogP contribution is 2.33. The van der Waals surface area contributed by atoms with Crippen LogP contribution >= 0.6 is 11.6 Å². The number of ketones is 1. The van der Waals surface area contributed by atoms with Crippen molar-refractivity contribution in [2.45, 2.75) is 39.0 Å². The van der Waals surface area contributed by atoms with Gasteiger partial charge in [-0.2, -0.15) is 0 Å². The van der Waals surface area contributed by atoms with Crippen molar-refractivity contribution < 1.29 is 14.3 Å². The number of alkyl halides is 1. The highest BCUT2D eigenvalue weighted by Gasteiger charge is 2.26. The Hall–Kier alpha value is -1.55. The Kier molecular flexibility index (Phi) is 6.25. The second-order valence-electron chi connectivity index (χ2n) is 5.49. The van der Waals surface area contributed by atoms with E-state index in [-0.39, 0.29) is 24.2 Å². The van der Waals surface area contributed by atoms with E-state index in [2.05, 4.69) is 6.92 Å². The van der Waals surface area contributed by atoms with Crippen molar-refractivity contribution in [2.75, 3.05) is 23.9 Å². The predicted molar refractivity (Wildman–Crippen MR) is 88.1 cm³/mol. The molecule has 0 fully saturated rings. The smallest absolute Gasteiger partial charge is 0.265 e. The molecule has 0 aliphatic carbocycles. The van der Waals surface area contributed by atoms with E-state index < -0.39 is 0 Å². The van der Waals surface area contributed by atoms with Crippen molar-refractivity contribution in [3.05, 3.63) is 23.8 Å². The van der Waals surface area contributed by atoms with Crippen LogP contribution in [0.1, 0.15) is 49.4 Å². The van der Waals surface area contributed by atoms with Gasteiger partial charge in [0.15, 0.2) is 12.4 Å². The number of nitrogens with zero attached hydrogens (tertiary/aromatic N) is 1. The molecule has 1 aliphatic rings. The zero-order valence-corrected chi connectivity index (χ0v) is 13.7. The molecule has 4 nitrogen and oxygen atoms in total. The zero-order valence-electron chi connectivity index (χ0n) is 12.9. The second kappa shape index (κ2) is 8.18. The molecule has 1 aromatic carbocycles. The monoisotopic (exact) mass is 323 g/mol. The van der Waals surface area contributed by atoms with E-state index in [1.807, 2.05) is 0 Å². The van der Waals surface area contributed by atoms with Crippen LogP contribution in [0.2, 0.25) is 0 Å². The molecular formula is C17H22ClNO3. The largest absolute Gasteiger partial charge is 0.482 e. The number of fused-ring (bicyclic) bond motifs is 1. The van der Waals surface area contributed by atoms with Crippen LogP contribution in [0.25, 0.3) is 0 Å². The van der Waals surface area contributed by atoms with Gasteiger partial charge in [-0.05, 0) is 24.6 Å². The number of hydrogen-bond acceptors (Lipinski definition) is 3. The van der Waals surface area contributed by atoms with Crippen LogP contribution in [0.5, 0.6) is 5.75 Å². The summed E-state index contributed by atoms with van der Waals surface area (Å²) in [6, 6.07) is 5.15. The summed E-state index contributed by atoms with van der Waals surface area (Å²) in [5.74, 6) is 0.382. The van der Waals surface area contributed by atoms with Crippen LogP contribution in [0.3, 0.4) is 0 Å². The molecule has 0 radical (unpaired) electrons. The van der Waals surface area contributed by atoms with Gasteiger partial charge in [-0.15, -0.1) is 11.6 Å². The molecule has 0 N–H and O–H groups in total. The van der Waals surface area contributed by atoms with E-state index in [0.29, 0.717) is 23.5 Å². The van der Waals surface area contributed by atoms with Crippen LogP contribution in [0.4, 0.5) is 5.69 Å². The first-order chi connectivity index (χ1) is 10.7. The Morgan fingerprint density at radius 3 is 2.77 bits per heavy atom. The van der Waals surface area contributed by atoms with Crippen molar-refractivity contribution in [3.8, 4) is 5.75 Å². The number of rotatable bonds is 8. The quantitative estimate of drug-likeness (QED) is 0.415. The van der Waals surface area contributed by atoms with Crippen molar-refractivity contribution in [2.24, 2.45) is 0 Å². The molecule has 0 unspecified atom stereocenters. The maximum absolute atomic E-state index is 12.1. The molecule has 22 heavy (non-hydrogen) atoms. The molecule has 1 amide bonds. The summed E-state index contributed by atoms with van der Waals surface area (Å²) >= 11 is 5.61. The summed E-state index contributed by atoms with van der Waals surface area (Å²) in [4.78, 5) is 25.6. The Labute approximate surface area is 136 Å². The summed E-state index contributed by atoms with van der Waals surface area (Å²) in [7, 11) is 0. The highest BCUT2D eigenvalue weighted by molar-refractivity contribution is 6.30.